The molecule has 0 bridgehead atoms. The first kappa shape index (κ1) is 24.1. The van der Waals surface area contributed by atoms with Gasteiger partial charge >= 0.3 is 0 Å². The summed E-state index contributed by atoms with van der Waals surface area (Å²) in [4.78, 5) is 33.1. The van der Waals surface area contributed by atoms with Crippen molar-refractivity contribution in [3.05, 3.63) is 81.1 Å². The van der Waals surface area contributed by atoms with Crippen LogP contribution >= 0.6 is 24.0 Å². The van der Waals surface area contributed by atoms with E-state index in [1.165, 1.54) is 16.2 Å². The topological polar surface area (TPSA) is 96.2 Å². The quantitative estimate of drug-likeness (QED) is 0.265. The number of anilines is 1. The minimum absolute atomic E-state index is 0.0654. The average molecular weight is 497 g/mol. The van der Waals surface area contributed by atoms with Crippen molar-refractivity contribution in [2.24, 2.45) is 0 Å². The number of aliphatic hydroxyl groups excluding tert-OH is 1. The van der Waals surface area contributed by atoms with Crippen LogP contribution in [0, 0.1) is 0 Å². The minimum Gasteiger partial charge on any atom is -0.394 e. The Balaban J connectivity index is 1.68. The summed E-state index contributed by atoms with van der Waals surface area (Å²) in [5, 5.41) is 12.0. The Kier molecular flexibility index (Phi) is 7.73. The highest BCUT2D eigenvalue weighted by Crippen LogP contribution is 2.38. The molecular formula is C24H24N4O4S2. The van der Waals surface area contributed by atoms with Crippen LogP contribution in [0.5, 0.6) is 0 Å². The van der Waals surface area contributed by atoms with Gasteiger partial charge in [0, 0.05) is 12.7 Å². The van der Waals surface area contributed by atoms with Gasteiger partial charge in [0.15, 0.2) is 0 Å². The van der Waals surface area contributed by atoms with Gasteiger partial charge in [0.25, 0.3) is 11.5 Å². The Morgan fingerprint density at radius 1 is 1.18 bits per heavy atom. The molecule has 1 amide bonds. The molecule has 2 N–H and O–H groups in total. The second-order valence-corrected chi connectivity index (χ2v) is 9.18. The summed E-state index contributed by atoms with van der Waals surface area (Å²) in [6, 6.07) is 14.7. The first-order chi connectivity index (χ1) is 16.5. The third-order valence-corrected chi connectivity index (χ3v) is 6.64. The van der Waals surface area contributed by atoms with Crippen molar-refractivity contribution in [1.82, 2.24) is 14.3 Å². The number of thioether (sulfide) groups is 1. The van der Waals surface area contributed by atoms with Crippen molar-refractivity contribution in [1.29, 1.82) is 0 Å². The Labute approximate surface area is 206 Å². The van der Waals surface area contributed by atoms with Gasteiger partial charge in [0.1, 0.15) is 15.8 Å². The molecule has 1 aliphatic rings. The van der Waals surface area contributed by atoms with Gasteiger partial charge in [0.05, 0.1) is 36.3 Å². The summed E-state index contributed by atoms with van der Waals surface area (Å²) in [6.07, 6.45) is 3.20. The number of thiocarbonyl (C=S) groups is 1. The van der Waals surface area contributed by atoms with Crippen LogP contribution in [0.1, 0.15) is 24.1 Å². The van der Waals surface area contributed by atoms with E-state index in [-0.39, 0.29) is 36.3 Å². The van der Waals surface area contributed by atoms with Gasteiger partial charge in [-0.1, -0.05) is 60.4 Å². The van der Waals surface area contributed by atoms with Crippen LogP contribution in [0.3, 0.4) is 0 Å². The van der Waals surface area contributed by atoms with Gasteiger partial charge < -0.3 is 15.2 Å². The lowest BCUT2D eigenvalue weighted by atomic mass is 10.1. The molecule has 0 spiro atoms. The molecular weight excluding hydrogens is 472 g/mol. The van der Waals surface area contributed by atoms with Crippen LogP contribution in [0.2, 0.25) is 0 Å². The number of aromatic nitrogens is 2. The number of fused-ring (bicyclic) bond motifs is 1. The highest BCUT2D eigenvalue weighted by Gasteiger charge is 2.36. The van der Waals surface area contributed by atoms with Gasteiger partial charge in [-0.05, 0) is 30.7 Å². The molecule has 0 radical (unpaired) electrons. The standard InChI is InChI=1S/C24H24N4O4S2/c1-16(17-7-3-2-4-8-17)28-23(31)19(34-24(28)33)15-18-21(25-10-13-32-14-12-29)26-20-9-5-6-11-27(20)22(18)30/h2-9,11,15-16,25,29H,10,12-14H2,1H3. The van der Waals surface area contributed by atoms with E-state index in [9.17, 15) is 9.59 Å². The van der Waals surface area contributed by atoms with Crippen molar-refractivity contribution in [3.8, 4) is 0 Å². The number of ether oxygens (including phenoxy) is 1. The van der Waals surface area contributed by atoms with Crippen molar-refractivity contribution < 1.29 is 14.6 Å². The Bertz CT molecular complexity index is 1290. The number of carbonyl (C=O) groups excluding carboxylic acids is 1. The maximum absolute atomic E-state index is 13.3. The number of nitrogens with one attached hydrogen (secondary N) is 1. The number of amides is 1. The fraction of sp³-hybridized carbons (Fsp3) is 0.250. The van der Waals surface area contributed by atoms with E-state index in [1.54, 1.807) is 35.4 Å². The molecule has 1 atom stereocenters. The molecule has 34 heavy (non-hydrogen) atoms. The third kappa shape index (κ3) is 5.05. The van der Waals surface area contributed by atoms with Gasteiger partial charge in [-0.3, -0.25) is 18.9 Å². The number of pyridine rings is 1. The molecule has 3 heterocycles. The second-order valence-electron chi connectivity index (χ2n) is 7.51. The molecule has 3 aromatic rings. The van der Waals surface area contributed by atoms with Gasteiger partial charge in [-0.2, -0.15) is 0 Å². The van der Waals surface area contributed by atoms with E-state index in [0.717, 1.165) is 5.56 Å². The summed E-state index contributed by atoms with van der Waals surface area (Å²) >= 11 is 6.69. The van der Waals surface area contributed by atoms with E-state index < -0.39 is 0 Å². The van der Waals surface area contributed by atoms with Crippen molar-refractivity contribution >= 4 is 51.7 Å². The zero-order valence-electron chi connectivity index (χ0n) is 18.5. The molecule has 8 nitrogen and oxygen atoms in total. The first-order valence-corrected chi connectivity index (χ1v) is 12.0. The zero-order chi connectivity index (χ0) is 24.1. The highest BCUT2D eigenvalue weighted by molar-refractivity contribution is 8.26. The van der Waals surface area contributed by atoms with Crippen molar-refractivity contribution in [2.75, 3.05) is 31.7 Å². The first-order valence-electron chi connectivity index (χ1n) is 10.8. The zero-order valence-corrected chi connectivity index (χ0v) is 20.1. The number of aliphatic hydroxyl groups is 1. The van der Waals surface area contributed by atoms with Crippen molar-refractivity contribution in [3.63, 3.8) is 0 Å². The molecule has 10 heteroatoms. The minimum atomic E-state index is -0.300. The number of benzene rings is 1. The van der Waals surface area contributed by atoms with Crippen LogP contribution in [-0.4, -0.2) is 56.0 Å². The van der Waals surface area contributed by atoms with E-state index in [4.69, 9.17) is 22.1 Å². The lowest BCUT2D eigenvalue weighted by molar-refractivity contribution is -0.123. The molecule has 0 saturated carbocycles. The van der Waals surface area contributed by atoms with Gasteiger partial charge in [-0.15, -0.1) is 0 Å². The molecule has 1 saturated heterocycles. The van der Waals surface area contributed by atoms with E-state index in [2.05, 4.69) is 10.3 Å². The smallest absolute Gasteiger partial charge is 0.267 e. The molecule has 1 aliphatic heterocycles. The molecule has 1 unspecified atom stereocenters. The molecule has 0 aliphatic carbocycles. The second kappa shape index (κ2) is 10.9. The fourth-order valence-corrected chi connectivity index (χ4v) is 5.00. The van der Waals surface area contributed by atoms with E-state index in [1.807, 2.05) is 37.3 Å². The summed E-state index contributed by atoms with van der Waals surface area (Å²) in [5.74, 6) is 0.103. The van der Waals surface area contributed by atoms with Crippen LogP contribution < -0.4 is 10.9 Å². The molecule has 176 valence electrons. The largest absolute Gasteiger partial charge is 0.394 e. The fourth-order valence-electron chi connectivity index (χ4n) is 3.60. The summed E-state index contributed by atoms with van der Waals surface area (Å²) < 4.78 is 7.16. The average Bonchev–Trinajstić information content (AvgIpc) is 3.13. The number of rotatable bonds is 9. The van der Waals surface area contributed by atoms with Crippen LogP contribution in [0.4, 0.5) is 5.82 Å². The summed E-state index contributed by atoms with van der Waals surface area (Å²) in [6.45, 7) is 2.79. The van der Waals surface area contributed by atoms with Crippen molar-refractivity contribution in [2.45, 2.75) is 13.0 Å². The number of nitrogens with zero attached hydrogens (tertiary/aromatic N) is 3. The summed E-state index contributed by atoms with van der Waals surface area (Å²) in [7, 11) is 0. The highest BCUT2D eigenvalue weighted by atomic mass is 32.2. The summed E-state index contributed by atoms with van der Waals surface area (Å²) in [5.41, 5.74) is 1.41. The maximum Gasteiger partial charge on any atom is 0.267 e. The monoisotopic (exact) mass is 496 g/mol. The molecule has 1 aromatic carbocycles. The lowest BCUT2D eigenvalue weighted by Gasteiger charge is -2.23. The van der Waals surface area contributed by atoms with Crippen LogP contribution in [-0.2, 0) is 9.53 Å². The van der Waals surface area contributed by atoms with E-state index in [0.29, 0.717) is 33.8 Å². The van der Waals surface area contributed by atoms with Gasteiger partial charge in [0.2, 0.25) is 0 Å². The SMILES string of the molecule is CC(c1ccccc1)N1C(=O)C(=Cc2c(NCCOCCO)nc3ccccn3c2=O)SC1=S. The van der Waals surface area contributed by atoms with Gasteiger partial charge in [-0.25, -0.2) is 4.98 Å². The Morgan fingerprint density at radius 3 is 2.71 bits per heavy atom. The predicted octanol–water partition coefficient (Wildman–Crippen LogP) is 3.08. The maximum atomic E-state index is 13.3. The molecule has 1 fully saturated rings. The van der Waals surface area contributed by atoms with Crippen LogP contribution in [0.15, 0.2) is 64.4 Å². The normalized spacial score (nSPS) is 15.9. The van der Waals surface area contributed by atoms with E-state index >= 15 is 0 Å². The third-order valence-electron chi connectivity index (χ3n) is 5.31. The lowest BCUT2D eigenvalue weighted by Crippen LogP contribution is -2.31. The molecule has 2 aromatic heterocycles. The number of hydrogen-bond donors (Lipinski definition) is 2. The number of carbonyl (C=O) groups is 1. The Hall–Kier alpha value is -3.05. The molecule has 4 rings (SSSR count). The van der Waals surface area contributed by atoms with Crippen LogP contribution in [0.25, 0.3) is 11.7 Å². The number of hydrogen-bond acceptors (Lipinski definition) is 8. The predicted molar refractivity (Wildman–Crippen MR) is 138 cm³/mol. The Morgan fingerprint density at radius 2 is 1.94 bits per heavy atom.